The van der Waals surface area contributed by atoms with E-state index in [2.05, 4.69) is 13.8 Å². The van der Waals surface area contributed by atoms with Crippen LogP contribution in [0.2, 0.25) is 0 Å². The summed E-state index contributed by atoms with van der Waals surface area (Å²) >= 11 is 0. The first-order valence-corrected chi connectivity index (χ1v) is 6.22. The fourth-order valence-electron chi connectivity index (χ4n) is 1.44. The molecule has 0 saturated heterocycles. The Hall–Kier alpha value is -1.06. The maximum atomic E-state index is 5.63. The molecule has 2 N–H and O–H groups in total. The second kappa shape index (κ2) is 8.09. The van der Waals surface area contributed by atoms with Gasteiger partial charge in [0, 0.05) is 18.7 Å². The topological polar surface area (TPSA) is 44.5 Å². The van der Waals surface area contributed by atoms with Gasteiger partial charge in [0.2, 0.25) is 0 Å². The van der Waals surface area contributed by atoms with Gasteiger partial charge in [0.1, 0.15) is 12.4 Å². The average Bonchev–Trinajstić information content (AvgIpc) is 2.33. The molecule has 0 aromatic heterocycles. The summed E-state index contributed by atoms with van der Waals surface area (Å²) in [5, 5.41) is 0. The van der Waals surface area contributed by atoms with Crippen molar-refractivity contribution >= 4 is 0 Å². The monoisotopic (exact) mass is 237 g/mol. The minimum Gasteiger partial charge on any atom is -0.491 e. The van der Waals surface area contributed by atoms with Gasteiger partial charge in [0.25, 0.3) is 0 Å². The van der Waals surface area contributed by atoms with Gasteiger partial charge in [-0.3, -0.25) is 0 Å². The van der Waals surface area contributed by atoms with Gasteiger partial charge < -0.3 is 15.2 Å². The Morgan fingerprint density at radius 3 is 2.59 bits per heavy atom. The molecule has 17 heavy (non-hydrogen) atoms. The van der Waals surface area contributed by atoms with Crippen LogP contribution in [0.15, 0.2) is 24.3 Å². The highest BCUT2D eigenvalue weighted by Gasteiger charge is 2.00. The number of hydrogen-bond acceptors (Lipinski definition) is 3. The number of benzene rings is 1. The second-order valence-corrected chi connectivity index (χ2v) is 4.46. The van der Waals surface area contributed by atoms with Crippen LogP contribution in [0, 0.1) is 5.92 Å². The largest absolute Gasteiger partial charge is 0.491 e. The van der Waals surface area contributed by atoms with Crippen LogP contribution < -0.4 is 10.5 Å². The Kier molecular flexibility index (Phi) is 6.67. The fraction of sp³-hybridized carbons (Fsp3) is 0.571. The predicted octanol–water partition coefficient (Wildman–Crippen LogP) is 2.59. The van der Waals surface area contributed by atoms with Crippen molar-refractivity contribution in [3.05, 3.63) is 29.8 Å². The van der Waals surface area contributed by atoms with Gasteiger partial charge >= 0.3 is 0 Å². The molecule has 0 aliphatic heterocycles. The molecule has 0 spiro atoms. The third kappa shape index (κ3) is 5.71. The molecule has 96 valence electrons. The standard InChI is InChI=1S/C14H23NO2/c1-12(2)7-8-16-9-10-17-14-6-4-3-5-13(14)11-15/h3-6,12H,7-11,15H2,1-2H3. The Morgan fingerprint density at radius 1 is 1.12 bits per heavy atom. The van der Waals surface area contributed by atoms with Gasteiger partial charge in [-0.2, -0.15) is 0 Å². The minimum atomic E-state index is 0.504. The lowest BCUT2D eigenvalue weighted by Crippen LogP contribution is -2.10. The highest BCUT2D eigenvalue weighted by molar-refractivity contribution is 5.32. The van der Waals surface area contributed by atoms with Gasteiger partial charge in [0.15, 0.2) is 0 Å². The first kappa shape index (κ1) is 14.0. The van der Waals surface area contributed by atoms with E-state index in [4.69, 9.17) is 15.2 Å². The zero-order valence-corrected chi connectivity index (χ0v) is 10.8. The molecule has 0 atom stereocenters. The number of para-hydroxylation sites is 1. The molecular formula is C14H23NO2. The lowest BCUT2D eigenvalue weighted by Gasteiger charge is -2.10. The van der Waals surface area contributed by atoms with Crippen LogP contribution in [0.5, 0.6) is 5.75 Å². The van der Waals surface area contributed by atoms with Crippen LogP contribution in [-0.2, 0) is 11.3 Å². The molecule has 0 aliphatic rings. The molecule has 1 aromatic rings. The molecule has 0 saturated carbocycles. The van der Waals surface area contributed by atoms with E-state index in [0.29, 0.717) is 25.7 Å². The van der Waals surface area contributed by atoms with E-state index in [1.807, 2.05) is 24.3 Å². The van der Waals surface area contributed by atoms with Crippen LogP contribution in [-0.4, -0.2) is 19.8 Å². The summed E-state index contributed by atoms with van der Waals surface area (Å²) in [7, 11) is 0. The molecule has 0 unspecified atom stereocenters. The maximum absolute atomic E-state index is 5.63. The molecule has 3 heteroatoms. The van der Waals surface area contributed by atoms with Crippen molar-refractivity contribution in [2.24, 2.45) is 11.7 Å². The molecule has 0 amide bonds. The zero-order valence-electron chi connectivity index (χ0n) is 10.8. The van der Waals surface area contributed by atoms with E-state index in [1.165, 1.54) is 0 Å². The number of hydrogen-bond donors (Lipinski definition) is 1. The lowest BCUT2D eigenvalue weighted by molar-refractivity contribution is 0.0923. The van der Waals surface area contributed by atoms with Gasteiger partial charge in [-0.15, -0.1) is 0 Å². The van der Waals surface area contributed by atoms with Crippen LogP contribution in [0.4, 0.5) is 0 Å². The average molecular weight is 237 g/mol. The molecule has 1 aromatic carbocycles. The van der Waals surface area contributed by atoms with Gasteiger partial charge in [-0.05, 0) is 18.4 Å². The van der Waals surface area contributed by atoms with Crippen molar-refractivity contribution in [2.75, 3.05) is 19.8 Å². The van der Waals surface area contributed by atoms with Crippen molar-refractivity contribution in [3.63, 3.8) is 0 Å². The lowest BCUT2D eigenvalue weighted by atomic mass is 10.1. The van der Waals surface area contributed by atoms with Crippen LogP contribution >= 0.6 is 0 Å². The van der Waals surface area contributed by atoms with Crippen molar-refractivity contribution in [1.29, 1.82) is 0 Å². The Balaban J connectivity index is 2.17. The summed E-state index contributed by atoms with van der Waals surface area (Å²) in [5.74, 6) is 1.55. The van der Waals surface area contributed by atoms with Gasteiger partial charge in [0.05, 0.1) is 6.61 Å². The molecule has 0 fully saturated rings. The summed E-state index contributed by atoms with van der Waals surface area (Å²) in [6.07, 6.45) is 1.10. The quantitative estimate of drug-likeness (QED) is 0.707. The number of rotatable bonds is 8. The number of ether oxygens (including phenoxy) is 2. The molecule has 3 nitrogen and oxygen atoms in total. The Labute approximate surface area is 104 Å². The highest BCUT2D eigenvalue weighted by atomic mass is 16.5. The SMILES string of the molecule is CC(C)CCOCCOc1ccccc1CN. The van der Waals surface area contributed by atoms with Crippen LogP contribution in [0.1, 0.15) is 25.8 Å². The molecular weight excluding hydrogens is 214 g/mol. The Bertz CT molecular complexity index is 313. The Morgan fingerprint density at radius 2 is 1.88 bits per heavy atom. The molecule has 0 aliphatic carbocycles. The number of nitrogens with two attached hydrogens (primary N) is 1. The molecule has 0 radical (unpaired) electrons. The second-order valence-electron chi connectivity index (χ2n) is 4.46. The van der Waals surface area contributed by atoms with Crippen LogP contribution in [0.3, 0.4) is 0 Å². The zero-order chi connectivity index (χ0) is 12.5. The van der Waals surface area contributed by atoms with Crippen LogP contribution in [0.25, 0.3) is 0 Å². The summed E-state index contributed by atoms with van der Waals surface area (Å²) in [5.41, 5.74) is 6.66. The van der Waals surface area contributed by atoms with Crippen molar-refractivity contribution in [3.8, 4) is 5.75 Å². The van der Waals surface area contributed by atoms with E-state index in [1.54, 1.807) is 0 Å². The third-order valence-electron chi connectivity index (χ3n) is 2.52. The fourth-order valence-corrected chi connectivity index (χ4v) is 1.44. The van der Waals surface area contributed by atoms with E-state index in [-0.39, 0.29) is 0 Å². The van der Waals surface area contributed by atoms with Crippen molar-refractivity contribution in [1.82, 2.24) is 0 Å². The molecule has 0 bridgehead atoms. The van der Waals surface area contributed by atoms with Gasteiger partial charge in [-0.25, -0.2) is 0 Å². The molecule has 1 rings (SSSR count). The summed E-state index contributed by atoms with van der Waals surface area (Å²) in [6.45, 7) is 6.90. The first-order chi connectivity index (χ1) is 8.24. The third-order valence-corrected chi connectivity index (χ3v) is 2.52. The van der Waals surface area contributed by atoms with E-state index in [0.717, 1.165) is 24.3 Å². The van der Waals surface area contributed by atoms with E-state index in [9.17, 15) is 0 Å². The predicted molar refractivity (Wildman–Crippen MR) is 70.1 cm³/mol. The minimum absolute atomic E-state index is 0.504. The molecule has 0 heterocycles. The summed E-state index contributed by atoms with van der Waals surface area (Å²) < 4.78 is 11.1. The van der Waals surface area contributed by atoms with Crippen molar-refractivity contribution in [2.45, 2.75) is 26.8 Å². The van der Waals surface area contributed by atoms with Gasteiger partial charge in [-0.1, -0.05) is 32.0 Å². The van der Waals surface area contributed by atoms with E-state index < -0.39 is 0 Å². The summed E-state index contributed by atoms with van der Waals surface area (Å²) in [6, 6.07) is 7.84. The van der Waals surface area contributed by atoms with E-state index >= 15 is 0 Å². The highest BCUT2D eigenvalue weighted by Crippen LogP contribution is 2.16. The first-order valence-electron chi connectivity index (χ1n) is 6.22. The van der Waals surface area contributed by atoms with Crippen molar-refractivity contribution < 1.29 is 9.47 Å². The smallest absolute Gasteiger partial charge is 0.123 e. The summed E-state index contributed by atoms with van der Waals surface area (Å²) in [4.78, 5) is 0. The maximum Gasteiger partial charge on any atom is 0.123 e. The normalized spacial score (nSPS) is 10.8.